The van der Waals surface area contributed by atoms with Gasteiger partial charge in [-0.15, -0.1) is 0 Å². The van der Waals surface area contributed by atoms with Gasteiger partial charge in [0.1, 0.15) is 0 Å². The van der Waals surface area contributed by atoms with Gasteiger partial charge in [-0.1, -0.05) is 0 Å². The molecule has 0 radical (unpaired) electrons. The number of aliphatic hydroxyl groups is 1. The Morgan fingerprint density at radius 3 is 2.30 bits per heavy atom. The molecule has 2 unspecified atom stereocenters. The molecule has 2 rings (SSSR count). The van der Waals surface area contributed by atoms with Crippen molar-refractivity contribution in [2.45, 2.75) is 24.9 Å². The summed E-state index contributed by atoms with van der Waals surface area (Å²) in [6.45, 7) is 1.84. The van der Waals surface area contributed by atoms with Gasteiger partial charge in [-0.25, -0.2) is 0 Å². The molecule has 58 valence electrons. The maximum Gasteiger partial charge on any atom is 0.0962 e. The molecule has 3 nitrogen and oxygen atoms in total. The van der Waals surface area contributed by atoms with Crippen LogP contribution in [0.2, 0.25) is 0 Å². The molecule has 0 spiro atoms. The first-order chi connectivity index (χ1) is 4.92. The van der Waals surface area contributed by atoms with E-state index >= 15 is 0 Å². The molecule has 2 saturated heterocycles. The van der Waals surface area contributed by atoms with Crippen LogP contribution in [0.3, 0.4) is 0 Å². The van der Waals surface area contributed by atoms with E-state index in [1.54, 1.807) is 0 Å². The topological polar surface area (TPSA) is 32.7 Å². The summed E-state index contributed by atoms with van der Waals surface area (Å²) < 4.78 is 5.34. The number of hydrogen-bond donors (Lipinski definition) is 1. The predicted molar refractivity (Wildman–Crippen MR) is 36.6 cm³/mol. The zero-order valence-electron chi connectivity index (χ0n) is 5.99. The largest absolute Gasteiger partial charge is 0.381 e. The lowest BCUT2D eigenvalue weighted by atomic mass is 10.2. The lowest BCUT2D eigenvalue weighted by Gasteiger charge is -2.32. The molecular formula is C7H13NO2. The summed E-state index contributed by atoms with van der Waals surface area (Å²) in [5.74, 6) is 0. The Morgan fingerprint density at radius 1 is 1.30 bits per heavy atom. The first-order valence-electron chi connectivity index (χ1n) is 3.86. The molecule has 0 aliphatic carbocycles. The molecule has 2 bridgehead atoms. The SMILES string of the molecule is OCN1C2CCC1COC2. The summed E-state index contributed by atoms with van der Waals surface area (Å²) in [6.07, 6.45) is 2.40. The molecule has 0 aromatic rings. The van der Waals surface area contributed by atoms with Crippen LogP contribution in [0.1, 0.15) is 12.8 Å². The highest BCUT2D eigenvalue weighted by Gasteiger charge is 2.36. The normalized spacial score (nSPS) is 40.5. The first-order valence-corrected chi connectivity index (χ1v) is 3.86. The molecular weight excluding hydrogens is 130 g/mol. The Labute approximate surface area is 60.6 Å². The smallest absolute Gasteiger partial charge is 0.0962 e. The van der Waals surface area contributed by atoms with E-state index in [1.165, 1.54) is 12.8 Å². The molecule has 0 aromatic heterocycles. The lowest BCUT2D eigenvalue weighted by Crippen LogP contribution is -2.45. The predicted octanol–water partition coefficient (Wildman–Crippen LogP) is -0.201. The Morgan fingerprint density at radius 2 is 1.90 bits per heavy atom. The molecule has 2 heterocycles. The highest BCUT2D eigenvalue weighted by Crippen LogP contribution is 2.27. The van der Waals surface area contributed by atoms with Gasteiger partial charge in [-0.3, -0.25) is 4.90 Å². The fourth-order valence-corrected chi connectivity index (χ4v) is 1.94. The van der Waals surface area contributed by atoms with Gasteiger partial charge in [0.2, 0.25) is 0 Å². The van der Waals surface area contributed by atoms with Gasteiger partial charge in [0, 0.05) is 12.1 Å². The second-order valence-corrected chi connectivity index (χ2v) is 3.08. The minimum Gasteiger partial charge on any atom is -0.381 e. The van der Waals surface area contributed by atoms with Crippen LogP contribution < -0.4 is 0 Å². The second kappa shape index (κ2) is 2.49. The Bertz CT molecular complexity index is 113. The van der Waals surface area contributed by atoms with Crippen LogP contribution in [0.5, 0.6) is 0 Å². The number of ether oxygens (including phenoxy) is 1. The van der Waals surface area contributed by atoms with Gasteiger partial charge < -0.3 is 9.84 Å². The van der Waals surface area contributed by atoms with Gasteiger partial charge in [0.15, 0.2) is 0 Å². The van der Waals surface area contributed by atoms with Gasteiger partial charge >= 0.3 is 0 Å². The van der Waals surface area contributed by atoms with Crippen molar-refractivity contribution < 1.29 is 9.84 Å². The van der Waals surface area contributed by atoms with E-state index in [9.17, 15) is 0 Å². The van der Waals surface area contributed by atoms with Crippen LogP contribution in [0, 0.1) is 0 Å². The van der Waals surface area contributed by atoms with Gasteiger partial charge in [-0.2, -0.15) is 0 Å². The first kappa shape index (κ1) is 6.58. The minimum atomic E-state index is 0.207. The standard InChI is InChI=1S/C7H13NO2/c9-5-8-6-1-2-7(8)4-10-3-6/h6-7,9H,1-5H2. The van der Waals surface area contributed by atoms with Crippen molar-refractivity contribution in [2.75, 3.05) is 19.9 Å². The summed E-state index contributed by atoms with van der Waals surface area (Å²) in [6, 6.07) is 1.01. The number of fused-ring (bicyclic) bond motifs is 2. The Hall–Kier alpha value is -0.120. The van der Waals surface area contributed by atoms with Crippen LogP contribution in [0.15, 0.2) is 0 Å². The molecule has 2 atom stereocenters. The Balaban J connectivity index is 2.06. The maximum absolute atomic E-state index is 8.94. The third kappa shape index (κ3) is 0.856. The summed E-state index contributed by atoms with van der Waals surface area (Å²) in [5.41, 5.74) is 0. The van der Waals surface area contributed by atoms with E-state index in [0.717, 1.165) is 13.2 Å². The highest BCUT2D eigenvalue weighted by atomic mass is 16.5. The third-order valence-electron chi connectivity index (χ3n) is 2.55. The van der Waals surface area contributed by atoms with E-state index < -0.39 is 0 Å². The lowest BCUT2D eigenvalue weighted by molar-refractivity contribution is -0.0519. The second-order valence-electron chi connectivity index (χ2n) is 3.08. The van der Waals surface area contributed by atoms with Crippen molar-refractivity contribution >= 4 is 0 Å². The van der Waals surface area contributed by atoms with Gasteiger partial charge in [0.25, 0.3) is 0 Å². The summed E-state index contributed by atoms with van der Waals surface area (Å²) in [4.78, 5) is 2.14. The number of hydrogen-bond acceptors (Lipinski definition) is 3. The van der Waals surface area contributed by atoms with Crippen molar-refractivity contribution in [3.8, 4) is 0 Å². The average Bonchev–Trinajstić information content (AvgIpc) is 2.19. The van der Waals surface area contributed by atoms with Crippen LogP contribution in [0.25, 0.3) is 0 Å². The van der Waals surface area contributed by atoms with E-state index in [-0.39, 0.29) is 6.73 Å². The molecule has 0 saturated carbocycles. The maximum atomic E-state index is 8.94. The molecule has 3 heteroatoms. The van der Waals surface area contributed by atoms with E-state index in [1.807, 2.05) is 0 Å². The van der Waals surface area contributed by atoms with Crippen LogP contribution in [-0.4, -0.2) is 42.0 Å². The minimum absolute atomic E-state index is 0.207. The van der Waals surface area contributed by atoms with Crippen molar-refractivity contribution in [2.24, 2.45) is 0 Å². The average molecular weight is 143 g/mol. The summed E-state index contributed by atoms with van der Waals surface area (Å²) in [5, 5.41) is 8.94. The number of rotatable bonds is 1. The van der Waals surface area contributed by atoms with Crippen molar-refractivity contribution in [3.63, 3.8) is 0 Å². The zero-order chi connectivity index (χ0) is 6.97. The van der Waals surface area contributed by atoms with Gasteiger partial charge in [-0.05, 0) is 12.8 Å². The quantitative estimate of drug-likeness (QED) is 0.551. The van der Waals surface area contributed by atoms with Crippen LogP contribution in [-0.2, 0) is 4.74 Å². The van der Waals surface area contributed by atoms with Crippen molar-refractivity contribution in [1.82, 2.24) is 4.90 Å². The molecule has 1 N–H and O–H groups in total. The molecule has 0 aromatic carbocycles. The van der Waals surface area contributed by atoms with Crippen LogP contribution >= 0.6 is 0 Å². The van der Waals surface area contributed by atoms with E-state index in [4.69, 9.17) is 9.84 Å². The Kier molecular flexibility index (Phi) is 1.64. The highest BCUT2D eigenvalue weighted by molar-refractivity contribution is 4.88. The van der Waals surface area contributed by atoms with E-state index in [0.29, 0.717) is 12.1 Å². The molecule has 0 amide bonds. The summed E-state index contributed by atoms with van der Waals surface area (Å²) >= 11 is 0. The van der Waals surface area contributed by atoms with Crippen molar-refractivity contribution in [1.29, 1.82) is 0 Å². The fourth-order valence-electron chi connectivity index (χ4n) is 1.94. The fraction of sp³-hybridized carbons (Fsp3) is 1.00. The van der Waals surface area contributed by atoms with Crippen molar-refractivity contribution in [3.05, 3.63) is 0 Å². The molecule has 2 aliphatic rings. The van der Waals surface area contributed by atoms with E-state index in [2.05, 4.69) is 4.90 Å². The number of morpholine rings is 1. The summed E-state index contributed by atoms with van der Waals surface area (Å²) in [7, 11) is 0. The van der Waals surface area contributed by atoms with Gasteiger partial charge in [0.05, 0.1) is 19.9 Å². The zero-order valence-corrected chi connectivity index (χ0v) is 5.99. The third-order valence-corrected chi connectivity index (χ3v) is 2.55. The monoisotopic (exact) mass is 143 g/mol. The molecule has 2 aliphatic heterocycles. The molecule has 10 heavy (non-hydrogen) atoms. The number of nitrogens with zero attached hydrogens (tertiary/aromatic N) is 1. The molecule has 2 fully saturated rings. The van der Waals surface area contributed by atoms with Crippen LogP contribution in [0.4, 0.5) is 0 Å². The number of aliphatic hydroxyl groups excluding tert-OH is 1.